The number of carbonyl (C=O) groups excluding carboxylic acids is 2. The summed E-state index contributed by atoms with van der Waals surface area (Å²) in [5.74, 6) is -0.648. The van der Waals surface area contributed by atoms with Crippen molar-refractivity contribution in [3.63, 3.8) is 0 Å². The minimum Gasteiger partial charge on any atom is -0.507 e. The highest BCUT2D eigenvalue weighted by Crippen LogP contribution is 2.41. The van der Waals surface area contributed by atoms with Crippen molar-refractivity contribution in [2.45, 2.75) is 59.4 Å². The number of aliphatic hydroxyl groups excluding tert-OH is 1. The van der Waals surface area contributed by atoms with Crippen LogP contribution >= 0.6 is 0 Å². The van der Waals surface area contributed by atoms with Crippen LogP contribution in [0.3, 0.4) is 0 Å². The molecule has 0 aliphatic carbocycles. The molecule has 1 aliphatic heterocycles. The molecule has 5 nitrogen and oxygen atoms in total. The van der Waals surface area contributed by atoms with Gasteiger partial charge in [-0.25, -0.2) is 0 Å². The number of nitrogens with zero attached hydrogens (tertiary/aromatic N) is 1. The molecule has 170 valence electrons. The van der Waals surface area contributed by atoms with Crippen LogP contribution in [0.5, 0.6) is 5.75 Å². The lowest BCUT2D eigenvalue weighted by atomic mass is 9.85. The van der Waals surface area contributed by atoms with Crippen molar-refractivity contribution < 1.29 is 19.4 Å². The summed E-state index contributed by atoms with van der Waals surface area (Å²) in [6, 6.07) is 11.0. The third-order valence-corrected chi connectivity index (χ3v) is 6.09. The number of likely N-dealkylation sites (tertiary alicyclic amines) is 1. The molecule has 2 aromatic carbocycles. The summed E-state index contributed by atoms with van der Waals surface area (Å²) < 4.78 is 5.38. The molecule has 1 N–H and O–H groups in total. The summed E-state index contributed by atoms with van der Waals surface area (Å²) in [6.07, 6.45) is 0.713. The Kier molecular flexibility index (Phi) is 6.49. The standard InChI is InChI=1S/C27H33NO4/c1-8-13-28-23(18-9-11-19(12-10-18)27(4,5)6)22(25(30)26(28)31)24(29)20-14-17(3)21(32-7)15-16(20)2/h9-12,14-15,23,29H,8,13H2,1-7H3/b24-22+. The predicted octanol–water partition coefficient (Wildman–Crippen LogP) is 5.44. The van der Waals surface area contributed by atoms with Gasteiger partial charge in [0, 0.05) is 12.1 Å². The van der Waals surface area contributed by atoms with Crippen molar-refractivity contribution in [1.29, 1.82) is 0 Å². The van der Waals surface area contributed by atoms with Gasteiger partial charge < -0.3 is 14.7 Å². The third kappa shape index (κ3) is 4.16. The number of ketones is 1. The van der Waals surface area contributed by atoms with E-state index in [4.69, 9.17) is 4.74 Å². The molecule has 1 aliphatic rings. The second-order valence-corrected chi connectivity index (χ2v) is 9.50. The molecule has 2 aromatic rings. The van der Waals surface area contributed by atoms with Gasteiger partial charge in [-0.3, -0.25) is 9.59 Å². The van der Waals surface area contributed by atoms with Crippen LogP contribution in [0, 0.1) is 13.8 Å². The maximum absolute atomic E-state index is 13.1. The molecule has 1 fully saturated rings. The molecule has 1 atom stereocenters. The topological polar surface area (TPSA) is 66.8 Å². The molecular formula is C27H33NO4. The Balaban J connectivity index is 2.21. The van der Waals surface area contributed by atoms with E-state index in [0.717, 1.165) is 22.3 Å². The minimum atomic E-state index is -0.645. The Labute approximate surface area is 190 Å². The normalized spacial score (nSPS) is 18.3. The molecule has 32 heavy (non-hydrogen) atoms. The number of rotatable bonds is 5. The Morgan fingerprint density at radius 1 is 1.06 bits per heavy atom. The van der Waals surface area contributed by atoms with Gasteiger partial charge in [0.05, 0.1) is 18.7 Å². The number of benzene rings is 2. The summed E-state index contributed by atoms with van der Waals surface area (Å²) in [4.78, 5) is 27.6. The van der Waals surface area contributed by atoms with Crippen LogP contribution in [0.15, 0.2) is 42.0 Å². The van der Waals surface area contributed by atoms with E-state index in [1.165, 1.54) is 0 Å². The fraction of sp³-hybridized carbons (Fsp3) is 0.407. The van der Waals surface area contributed by atoms with E-state index < -0.39 is 17.7 Å². The van der Waals surface area contributed by atoms with E-state index in [0.29, 0.717) is 24.3 Å². The van der Waals surface area contributed by atoms with Gasteiger partial charge in [0.15, 0.2) is 0 Å². The lowest BCUT2D eigenvalue weighted by Gasteiger charge is -2.26. The Bertz CT molecular complexity index is 1070. The van der Waals surface area contributed by atoms with Crippen molar-refractivity contribution in [3.05, 3.63) is 69.8 Å². The summed E-state index contributed by atoms with van der Waals surface area (Å²) in [5, 5.41) is 11.3. The quantitative estimate of drug-likeness (QED) is 0.386. The predicted molar refractivity (Wildman–Crippen MR) is 127 cm³/mol. The van der Waals surface area contributed by atoms with E-state index in [1.807, 2.05) is 51.1 Å². The molecule has 1 unspecified atom stereocenters. The largest absolute Gasteiger partial charge is 0.507 e. The van der Waals surface area contributed by atoms with Gasteiger partial charge in [0.25, 0.3) is 11.7 Å². The minimum absolute atomic E-state index is 0.0124. The maximum Gasteiger partial charge on any atom is 0.295 e. The summed E-state index contributed by atoms with van der Waals surface area (Å²) in [7, 11) is 1.60. The second-order valence-electron chi connectivity index (χ2n) is 9.50. The van der Waals surface area contributed by atoms with Crippen molar-refractivity contribution in [2.24, 2.45) is 0 Å². The zero-order valence-corrected chi connectivity index (χ0v) is 20.1. The molecule has 5 heteroatoms. The van der Waals surface area contributed by atoms with Crippen molar-refractivity contribution in [2.75, 3.05) is 13.7 Å². The van der Waals surface area contributed by atoms with Gasteiger partial charge >= 0.3 is 0 Å². The number of amides is 1. The number of methoxy groups -OCH3 is 1. The highest BCUT2D eigenvalue weighted by molar-refractivity contribution is 6.46. The number of Topliss-reactive ketones (excluding diaryl/α,β-unsaturated/α-hetero) is 1. The van der Waals surface area contributed by atoms with Gasteiger partial charge in [-0.2, -0.15) is 0 Å². The van der Waals surface area contributed by atoms with Gasteiger partial charge in [0.2, 0.25) is 0 Å². The summed E-state index contributed by atoms with van der Waals surface area (Å²) in [6.45, 7) is 12.6. The van der Waals surface area contributed by atoms with Crippen LogP contribution in [-0.2, 0) is 15.0 Å². The summed E-state index contributed by atoms with van der Waals surface area (Å²) >= 11 is 0. The molecule has 1 amide bonds. The van der Waals surface area contributed by atoms with Gasteiger partial charge in [0.1, 0.15) is 11.5 Å². The highest BCUT2D eigenvalue weighted by atomic mass is 16.5. The van der Waals surface area contributed by atoms with Crippen LogP contribution in [0.1, 0.15) is 68.0 Å². The van der Waals surface area contributed by atoms with Crippen LogP contribution < -0.4 is 4.74 Å². The highest BCUT2D eigenvalue weighted by Gasteiger charge is 2.45. The monoisotopic (exact) mass is 435 g/mol. The van der Waals surface area contributed by atoms with Gasteiger partial charge in [-0.1, -0.05) is 52.0 Å². The van der Waals surface area contributed by atoms with E-state index in [-0.39, 0.29) is 16.7 Å². The zero-order chi connectivity index (χ0) is 23.8. The van der Waals surface area contributed by atoms with Crippen LogP contribution in [0.4, 0.5) is 0 Å². The van der Waals surface area contributed by atoms with Crippen LogP contribution in [0.25, 0.3) is 5.76 Å². The lowest BCUT2D eigenvalue weighted by Crippen LogP contribution is -2.30. The molecule has 0 spiro atoms. The number of hydrogen-bond acceptors (Lipinski definition) is 4. The number of ether oxygens (including phenoxy) is 1. The fourth-order valence-corrected chi connectivity index (χ4v) is 4.27. The molecule has 0 saturated carbocycles. The van der Waals surface area contributed by atoms with E-state index in [1.54, 1.807) is 18.1 Å². The third-order valence-electron chi connectivity index (χ3n) is 6.09. The van der Waals surface area contributed by atoms with Crippen molar-refractivity contribution >= 4 is 17.4 Å². The molecule has 0 radical (unpaired) electrons. The van der Waals surface area contributed by atoms with Crippen LogP contribution in [-0.4, -0.2) is 35.4 Å². The SMILES string of the molecule is CCCN1C(=O)C(=O)/C(=C(/O)c2cc(C)c(OC)cc2C)C1c1ccc(C(C)(C)C)cc1. The molecule has 1 heterocycles. The van der Waals surface area contributed by atoms with E-state index >= 15 is 0 Å². The molecule has 1 saturated heterocycles. The Morgan fingerprint density at radius 2 is 1.69 bits per heavy atom. The van der Waals surface area contributed by atoms with E-state index in [9.17, 15) is 14.7 Å². The average molecular weight is 436 g/mol. The van der Waals surface area contributed by atoms with Crippen molar-refractivity contribution in [3.8, 4) is 5.75 Å². The number of aliphatic hydroxyl groups is 1. The summed E-state index contributed by atoms with van der Waals surface area (Å²) in [5.41, 5.74) is 4.25. The Hall–Kier alpha value is -3.08. The maximum atomic E-state index is 13.1. The first-order chi connectivity index (χ1) is 15.0. The lowest BCUT2D eigenvalue weighted by molar-refractivity contribution is -0.139. The zero-order valence-electron chi connectivity index (χ0n) is 20.1. The number of carbonyl (C=O) groups is 2. The second kappa shape index (κ2) is 8.81. The first-order valence-corrected chi connectivity index (χ1v) is 11.1. The molecule has 0 bridgehead atoms. The molecule has 3 rings (SSSR count). The number of aryl methyl sites for hydroxylation is 2. The average Bonchev–Trinajstić information content (AvgIpc) is 2.99. The number of hydrogen-bond donors (Lipinski definition) is 1. The van der Waals surface area contributed by atoms with E-state index in [2.05, 4.69) is 20.8 Å². The molecule has 0 aromatic heterocycles. The Morgan fingerprint density at radius 3 is 2.22 bits per heavy atom. The van der Waals surface area contributed by atoms with Crippen LogP contribution in [0.2, 0.25) is 0 Å². The first-order valence-electron chi connectivity index (χ1n) is 11.1. The van der Waals surface area contributed by atoms with Gasteiger partial charge in [-0.05, 0) is 60.1 Å². The fourth-order valence-electron chi connectivity index (χ4n) is 4.27. The van der Waals surface area contributed by atoms with Crippen molar-refractivity contribution in [1.82, 2.24) is 4.90 Å². The van der Waals surface area contributed by atoms with Gasteiger partial charge in [-0.15, -0.1) is 0 Å². The first kappa shape index (κ1) is 23.6. The molecular weight excluding hydrogens is 402 g/mol. The smallest absolute Gasteiger partial charge is 0.295 e.